The normalized spacial score (nSPS) is 10.8. The standard InChI is InChI=1S/C17H17N3O2S/c21-16(12-23-17-7-3-4-10-20(17)22)18-9-8-13-11-19-15-6-2-1-5-14(13)15/h1-7,10-11,19H,8-9,12H2,(H,18,21). The van der Waals surface area contributed by atoms with Gasteiger partial charge in [-0.3, -0.25) is 4.79 Å². The van der Waals surface area contributed by atoms with E-state index < -0.39 is 0 Å². The second-order valence-corrected chi connectivity index (χ2v) is 6.11. The van der Waals surface area contributed by atoms with Crippen LogP contribution in [-0.2, 0) is 11.2 Å². The molecule has 23 heavy (non-hydrogen) atoms. The number of nitrogens with one attached hydrogen (secondary N) is 2. The Labute approximate surface area is 138 Å². The highest BCUT2D eigenvalue weighted by molar-refractivity contribution is 7.99. The summed E-state index contributed by atoms with van der Waals surface area (Å²) in [6, 6.07) is 13.3. The van der Waals surface area contributed by atoms with E-state index in [1.807, 2.05) is 24.4 Å². The second-order valence-electron chi connectivity index (χ2n) is 5.11. The van der Waals surface area contributed by atoms with Crippen LogP contribution in [0.5, 0.6) is 0 Å². The number of thioether (sulfide) groups is 1. The summed E-state index contributed by atoms with van der Waals surface area (Å²) in [4.78, 5) is 15.1. The number of amides is 1. The van der Waals surface area contributed by atoms with Crippen LogP contribution in [0.2, 0.25) is 0 Å². The Bertz CT molecular complexity index is 816. The summed E-state index contributed by atoms with van der Waals surface area (Å²) in [5.41, 5.74) is 2.29. The minimum absolute atomic E-state index is 0.0707. The summed E-state index contributed by atoms with van der Waals surface area (Å²) in [5.74, 6) is 0.166. The number of para-hydroxylation sites is 1. The molecule has 0 bridgehead atoms. The van der Waals surface area contributed by atoms with E-state index in [2.05, 4.69) is 16.4 Å². The molecule has 0 radical (unpaired) electrons. The maximum Gasteiger partial charge on any atom is 0.251 e. The van der Waals surface area contributed by atoms with Crippen molar-refractivity contribution in [1.29, 1.82) is 0 Å². The van der Waals surface area contributed by atoms with E-state index in [-0.39, 0.29) is 11.7 Å². The van der Waals surface area contributed by atoms with Crippen molar-refractivity contribution in [1.82, 2.24) is 10.3 Å². The minimum atomic E-state index is -0.0707. The van der Waals surface area contributed by atoms with E-state index in [9.17, 15) is 10.0 Å². The van der Waals surface area contributed by atoms with Gasteiger partial charge >= 0.3 is 0 Å². The summed E-state index contributed by atoms with van der Waals surface area (Å²) >= 11 is 1.24. The van der Waals surface area contributed by atoms with Crippen LogP contribution in [0.25, 0.3) is 10.9 Å². The molecule has 0 atom stereocenters. The first-order valence-electron chi connectivity index (χ1n) is 7.37. The van der Waals surface area contributed by atoms with E-state index >= 15 is 0 Å². The highest BCUT2D eigenvalue weighted by Crippen LogP contribution is 2.17. The van der Waals surface area contributed by atoms with Crippen LogP contribution in [0.1, 0.15) is 5.56 Å². The Morgan fingerprint density at radius 3 is 2.91 bits per heavy atom. The van der Waals surface area contributed by atoms with Gasteiger partial charge in [-0.1, -0.05) is 18.2 Å². The van der Waals surface area contributed by atoms with Crippen LogP contribution in [0, 0.1) is 5.21 Å². The maximum absolute atomic E-state index is 11.9. The van der Waals surface area contributed by atoms with Gasteiger partial charge in [-0.05, 0) is 35.9 Å². The number of fused-ring (bicyclic) bond motifs is 1. The average molecular weight is 327 g/mol. The number of nitrogens with zero attached hydrogens (tertiary/aromatic N) is 1. The SMILES string of the molecule is O=C(CSc1cccc[n+]1[O-])NCCc1c[nH]c2ccccc12. The molecule has 5 nitrogen and oxygen atoms in total. The van der Waals surface area contributed by atoms with Crippen molar-refractivity contribution >= 4 is 28.6 Å². The molecule has 0 unspecified atom stereocenters. The van der Waals surface area contributed by atoms with Gasteiger partial charge in [-0.2, -0.15) is 4.73 Å². The summed E-state index contributed by atoms with van der Waals surface area (Å²) < 4.78 is 0.768. The smallest absolute Gasteiger partial charge is 0.251 e. The highest BCUT2D eigenvalue weighted by atomic mass is 32.2. The van der Waals surface area contributed by atoms with Crippen LogP contribution in [-0.4, -0.2) is 23.2 Å². The third kappa shape index (κ3) is 3.84. The van der Waals surface area contributed by atoms with E-state index in [0.29, 0.717) is 11.6 Å². The van der Waals surface area contributed by atoms with Crippen molar-refractivity contribution in [3.8, 4) is 0 Å². The minimum Gasteiger partial charge on any atom is -0.618 e. The second kappa shape index (κ2) is 7.19. The van der Waals surface area contributed by atoms with E-state index in [4.69, 9.17) is 0 Å². The number of pyridine rings is 1. The van der Waals surface area contributed by atoms with Crippen molar-refractivity contribution < 1.29 is 9.52 Å². The van der Waals surface area contributed by atoms with E-state index in [1.165, 1.54) is 28.9 Å². The number of hydrogen-bond acceptors (Lipinski definition) is 3. The molecule has 1 amide bonds. The molecule has 0 aliphatic carbocycles. The lowest BCUT2D eigenvalue weighted by molar-refractivity contribution is -0.645. The number of carbonyl (C=O) groups is 1. The fourth-order valence-corrected chi connectivity index (χ4v) is 3.13. The zero-order valence-corrected chi connectivity index (χ0v) is 13.3. The predicted molar refractivity (Wildman–Crippen MR) is 91.1 cm³/mol. The predicted octanol–water partition coefficient (Wildman–Crippen LogP) is 2.25. The Kier molecular flexibility index (Phi) is 4.83. The van der Waals surface area contributed by atoms with Crippen LogP contribution < -0.4 is 10.0 Å². The average Bonchev–Trinajstić information content (AvgIpc) is 2.98. The number of H-pyrrole nitrogens is 1. The van der Waals surface area contributed by atoms with Crippen LogP contribution in [0.15, 0.2) is 59.9 Å². The molecule has 6 heteroatoms. The lowest BCUT2D eigenvalue weighted by atomic mass is 10.1. The third-order valence-electron chi connectivity index (χ3n) is 3.53. The highest BCUT2D eigenvalue weighted by Gasteiger charge is 2.09. The topological polar surface area (TPSA) is 71.8 Å². The van der Waals surface area contributed by atoms with Gasteiger partial charge in [-0.15, -0.1) is 0 Å². The summed E-state index contributed by atoms with van der Waals surface area (Å²) in [5, 5.41) is 16.1. The van der Waals surface area contributed by atoms with Gasteiger partial charge in [-0.25, -0.2) is 0 Å². The van der Waals surface area contributed by atoms with Crippen LogP contribution in [0.3, 0.4) is 0 Å². The quantitative estimate of drug-likeness (QED) is 0.414. The molecule has 0 aliphatic rings. The molecule has 0 spiro atoms. The summed E-state index contributed by atoms with van der Waals surface area (Å²) in [6.45, 7) is 0.577. The maximum atomic E-state index is 11.9. The first kappa shape index (κ1) is 15.4. The van der Waals surface area contributed by atoms with E-state index in [0.717, 1.165) is 16.7 Å². The number of hydrogen-bond donors (Lipinski definition) is 2. The van der Waals surface area contributed by atoms with Gasteiger partial charge in [0.05, 0.1) is 5.75 Å². The Morgan fingerprint density at radius 1 is 1.22 bits per heavy atom. The molecule has 0 saturated heterocycles. The number of aromatic nitrogens is 2. The number of rotatable bonds is 6. The molecule has 3 rings (SSSR count). The molecule has 0 fully saturated rings. The van der Waals surface area contributed by atoms with Gasteiger partial charge < -0.3 is 15.5 Å². The van der Waals surface area contributed by atoms with Crippen LogP contribution in [0.4, 0.5) is 0 Å². The van der Waals surface area contributed by atoms with E-state index in [1.54, 1.807) is 18.2 Å². The fraction of sp³-hybridized carbons (Fsp3) is 0.176. The molecule has 2 heterocycles. The van der Waals surface area contributed by atoms with Gasteiger partial charge in [0, 0.05) is 35.8 Å². The summed E-state index contributed by atoms with van der Waals surface area (Å²) in [7, 11) is 0. The molecular weight excluding hydrogens is 310 g/mol. The van der Waals surface area contributed by atoms with Crippen molar-refractivity contribution in [2.45, 2.75) is 11.4 Å². The molecule has 2 N–H and O–H groups in total. The third-order valence-corrected chi connectivity index (χ3v) is 4.55. The van der Waals surface area contributed by atoms with Gasteiger partial charge in [0.2, 0.25) is 5.91 Å². The van der Waals surface area contributed by atoms with Crippen molar-refractivity contribution in [2.24, 2.45) is 0 Å². The Balaban J connectivity index is 1.47. The first-order valence-corrected chi connectivity index (χ1v) is 8.35. The number of carbonyl (C=O) groups excluding carboxylic acids is 1. The van der Waals surface area contributed by atoms with Gasteiger partial charge in [0.1, 0.15) is 0 Å². The fourth-order valence-electron chi connectivity index (χ4n) is 2.39. The van der Waals surface area contributed by atoms with Gasteiger partial charge in [0.15, 0.2) is 6.20 Å². The first-order chi connectivity index (χ1) is 11.2. The van der Waals surface area contributed by atoms with Crippen LogP contribution >= 0.6 is 11.8 Å². The molecule has 1 aromatic carbocycles. The summed E-state index contributed by atoms with van der Waals surface area (Å²) in [6.07, 6.45) is 4.18. The lowest BCUT2D eigenvalue weighted by Crippen LogP contribution is -2.30. The molecule has 0 aliphatic heterocycles. The molecule has 118 valence electrons. The van der Waals surface area contributed by atoms with Crippen molar-refractivity contribution in [3.05, 3.63) is 65.6 Å². The largest absolute Gasteiger partial charge is 0.618 e. The molecular formula is C17H17N3O2S. The van der Waals surface area contributed by atoms with Crippen molar-refractivity contribution in [2.75, 3.05) is 12.3 Å². The molecule has 3 aromatic rings. The monoisotopic (exact) mass is 327 g/mol. The Morgan fingerprint density at radius 2 is 2.04 bits per heavy atom. The van der Waals surface area contributed by atoms with Crippen molar-refractivity contribution in [3.63, 3.8) is 0 Å². The molecule has 0 saturated carbocycles. The molecule has 2 aromatic heterocycles. The zero-order chi connectivity index (χ0) is 16.1. The number of benzene rings is 1. The zero-order valence-electron chi connectivity index (χ0n) is 12.5. The van der Waals surface area contributed by atoms with Gasteiger partial charge in [0.25, 0.3) is 5.03 Å². The lowest BCUT2D eigenvalue weighted by Gasteiger charge is -2.05. The number of aromatic amines is 1. The Hall–Kier alpha value is -2.47.